The molecule has 0 unspecified atom stereocenters. The van der Waals surface area contributed by atoms with E-state index in [9.17, 15) is 0 Å². The van der Waals surface area contributed by atoms with E-state index in [1.165, 1.54) is 0 Å². The summed E-state index contributed by atoms with van der Waals surface area (Å²) in [6, 6.07) is 0. The van der Waals surface area contributed by atoms with E-state index in [2.05, 4.69) is 20.2 Å². The van der Waals surface area contributed by atoms with Gasteiger partial charge < -0.3 is 17.2 Å². The highest BCUT2D eigenvalue weighted by Gasteiger charge is 1.92. The fraction of sp³-hybridized carbons (Fsp3) is 0.167. The number of nitrogens with zero attached hydrogens (tertiary/aromatic N) is 3. The number of rotatable bonds is 2. The lowest BCUT2D eigenvalue weighted by Gasteiger charge is -1.92. The SMILES string of the molecule is NC(N)=NC(N)=NCc1cn[nH]c1. The lowest BCUT2D eigenvalue weighted by molar-refractivity contribution is 1.06. The van der Waals surface area contributed by atoms with Gasteiger partial charge in [0.15, 0.2) is 5.96 Å². The summed E-state index contributed by atoms with van der Waals surface area (Å²) in [5.41, 5.74) is 16.5. The molecule has 0 aliphatic carbocycles. The van der Waals surface area contributed by atoms with Crippen LogP contribution < -0.4 is 17.2 Å². The number of nitrogens with two attached hydrogens (primary N) is 3. The molecule has 1 heterocycles. The summed E-state index contributed by atoms with van der Waals surface area (Å²) in [6.45, 7) is 0.402. The van der Waals surface area contributed by atoms with E-state index in [1.54, 1.807) is 12.4 Å². The van der Waals surface area contributed by atoms with E-state index in [0.717, 1.165) is 5.56 Å². The Kier molecular flexibility index (Phi) is 2.85. The molecule has 1 aromatic heterocycles. The lowest BCUT2D eigenvalue weighted by Crippen LogP contribution is -2.26. The minimum absolute atomic E-state index is 0.0567. The van der Waals surface area contributed by atoms with Gasteiger partial charge in [-0.1, -0.05) is 0 Å². The molecule has 7 heteroatoms. The van der Waals surface area contributed by atoms with Crippen LogP contribution in [-0.4, -0.2) is 22.1 Å². The van der Waals surface area contributed by atoms with Gasteiger partial charge in [-0.2, -0.15) is 10.1 Å². The number of aliphatic imine (C=N–C) groups is 2. The molecule has 0 aliphatic heterocycles. The smallest absolute Gasteiger partial charge is 0.218 e. The monoisotopic (exact) mass is 181 g/mol. The summed E-state index contributed by atoms with van der Waals surface area (Å²) in [6.07, 6.45) is 3.36. The van der Waals surface area contributed by atoms with Gasteiger partial charge in [-0.3, -0.25) is 5.10 Å². The summed E-state index contributed by atoms with van der Waals surface area (Å²) >= 11 is 0. The number of hydrogen-bond acceptors (Lipinski definition) is 2. The molecule has 0 spiro atoms. The molecule has 7 N–H and O–H groups in total. The zero-order chi connectivity index (χ0) is 9.68. The molecular weight excluding hydrogens is 170 g/mol. The minimum atomic E-state index is -0.103. The van der Waals surface area contributed by atoms with Crippen LogP contribution in [0.3, 0.4) is 0 Å². The Balaban J connectivity index is 2.53. The molecule has 0 bridgehead atoms. The van der Waals surface area contributed by atoms with Gasteiger partial charge >= 0.3 is 0 Å². The highest BCUT2D eigenvalue weighted by Crippen LogP contribution is 1.95. The number of aromatic nitrogens is 2. The first-order chi connectivity index (χ1) is 6.18. The normalized spacial score (nSPS) is 11.2. The van der Waals surface area contributed by atoms with E-state index in [4.69, 9.17) is 17.2 Å². The third-order valence-corrected chi connectivity index (χ3v) is 1.22. The first-order valence-corrected chi connectivity index (χ1v) is 3.55. The summed E-state index contributed by atoms with van der Waals surface area (Å²) < 4.78 is 0. The van der Waals surface area contributed by atoms with Crippen molar-refractivity contribution in [3.63, 3.8) is 0 Å². The minimum Gasteiger partial charge on any atom is -0.370 e. The number of guanidine groups is 2. The number of aromatic amines is 1. The van der Waals surface area contributed by atoms with Crippen molar-refractivity contribution in [2.75, 3.05) is 0 Å². The van der Waals surface area contributed by atoms with Gasteiger partial charge in [0.25, 0.3) is 0 Å². The maximum atomic E-state index is 5.36. The van der Waals surface area contributed by atoms with Gasteiger partial charge in [0, 0.05) is 11.8 Å². The van der Waals surface area contributed by atoms with Gasteiger partial charge in [-0.25, -0.2) is 4.99 Å². The molecule has 0 fully saturated rings. The third-order valence-electron chi connectivity index (χ3n) is 1.22. The van der Waals surface area contributed by atoms with Crippen LogP contribution in [-0.2, 0) is 6.54 Å². The molecule has 13 heavy (non-hydrogen) atoms. The van der Waals surface area contributed by atoms with Crippen LogP contribution in [0, 0.1) is 0 Å². The fourth-order valence-electron chi connectivity index (χ4n) is 0.704. The van der Waals surface area contributed by atoms with Crippen molar-refractivity contribution in [2.24, 2.45) is 27.2 Å². The van der Waals surface area contributed by atoms with Crippen LogP contribution >= 0.6 is 0 Å². The van der Waals surface area contributed by atoms with Gasteiger partial charge in [-0.15, -0.1) is 0 Å². The number of nitrogens with one attached hydrogen (secondary N) is 1. The van der Waals surface area contributed by atoms with E-state index >= 15 is 0 Å². The molecule has 70 valence electrons. The van der Waals surface area contributed by atoms with Gasteiger partial charge in [0.2, 0.25) is 5.96 Å². The Labute approximate surface area is 74.7 Å². The lowest BCUT2D eigenvalue weighted by atomic mass is 10.4. The first-order valence-electron chi connectivity index (χ1n) is 3.55. The molecule has 0 radical (unpaired) electrons. The second-order valence-corrected chi connectivity index (χ2v) is 2.32. The number of H-pyrrole nitrogens is 1. The summed E-state index contributed by atoms with van der Waals surface area (Å²) in [7, 11) is 0. The molecule has 0 aromatic carbocycles. The molecule has 1 aromatic rings. The van der Waals surface area contributed by atoms with Crippen molar-refractivity contribution in [1.29, 1.82) is 0 Å². The molecule has 0 atom stereocenters. The molecular formula is C6H11N7. The van der Waals surface area contributed by atoms with Crippen LogP contribution in [0.5, 0.6) is 0 Å². The maximum Gasteiger partial charge on any atom is 0.218 e. The Morgan fingerprint density at radius 1 is 1.46 bits per heavy atom. The summed E-state index contributed by atoms with van der Waals surface area (Å²) in [4.78, 5) is 7.44. The molecule has 0 saturated heterocycles. The molecule has 1 rings (SSSR count). The van der Waals surface area contributed by atoms with Crippen LogP contribution in [0.15, 0.2) is 22.4 Å². The average Bonchev–Trinajstić information content (AvgIpc) is 2.51. The molecule has 0 amide bonds. The fourth-order valence-corrected chi connectivity index (χ4v) is 0.704. The highest BCUT2D eigenvalue weighted by molar-refractivity contribution is 5.92. The molecule has 0 saturated carbocycles. The van der Waals surface area contributed by atoms with Crippen LogP contribution in [0.25, 0.3) is 0 Å². The molecule has 7 nitrogen and oxygen atoms in total. The summed E-state index contributed by atoms with van der Waals surface area (Å²) in [5, 5.41) is 6.39. The largest absolute Gasteiger partial charge is 0.370 e. The Bertz CT molecular complexity index is 306. The second kappa shape index (κ2) is 4.10. The second-order valence-electron chi connectivity index (χ2n) is 2.32. The summed E-state index contributed by atoms with van der Waals surface area (Å²) in [5.74, 6) is -0.0466. The van der Waals surface area contributed by atoms with Crippen LogP contribution in [0.4, 0.5) is 0 Å². The topological polar surface area (TPSA) is 131 Å². The van der Waals surface area contributed by atoms with E-state index in [1.807, 2.05) is 0 Å². The standard InChI is InChI=1S/C6H11N7/c7-5(8)13-6(9)10-1-4-2-11-12-3-4/h2-3H,1H2,(H,11,12)(H6,7,8,9,10,13). The quantitative estimate of drug-likeness (QED) is 0.326. The third kappa shape index (κ3) is 3.23. The van der Waals surface area contributed by atoms with Crippen molar-refractivity contribution in [3.05, 3.63) is 18.0 Å². The van der Waals surface area contributed by atoms with Gasteiger partial charge in [-0.05, 0) is 0 Å². The Morgan fingerprint density at radius 3 is 2.77 bits per heavy atom. The van der Waals surface area contributed by atoms with Crippen molar-refractivity contribution >= 4 is 11.9 Å². The van der Waals surface area contributed by atoms with E-state index < -0.39 is 0 Å². The Hall–Kier alpha value is -2.05. The van der Waals surface area contributed by atoms with E-state index in [0.29, 0.717) is 6.54 Å². The first kappa shape index (κ1) is 9.04. The zero-order valence-electron chi connectivity index (χ0n) is 6.94. The molecule has 0 aliphatic rings. The van der Waals surface area contributed by atoms with Crippen molar-refractivity contribution < 1.29 is 0 Å². The van der Waals surface area contributed by atoms with Crippen LogP contribution in [0.2, 0.25) is 0 Å². The van der Waals surface area contributed by atoms with Crippen molar-refractivity contribution in [1.82, 2.24) is 10.2 Å². The van der Waals surface area contributed by atoms with E-state index in [-0.39, 0.29) is 11.9 Å². The predicted molar refractivity (Wildman–Crippen MR) is 49.7 cm³/mol. The van der Waals surface area contributed by atoms with Crippen LogP contribution in [0.1, 0.15) is 5.56 Å². The predicted octanol–water partition coefficient (Wildman–Crippen LogP) is -1.50. The average molecular weight is 181 g/mol. The van der Waals surface area contributed by atoms with Gasteiger partial charge in [0.05, 0.1) is 12.7 Å². The van der Waals surface area contributed by atoms with Crippen molar-refractivity contribution in [2.45, 2.75) is 6.54 Å². The van der Waals surface area contributed by atoms with Gasteiger partial charge in [0.1, 0.15) is 0 Å². The highest BCUT2D eigenvalue weighted by atomic mass is 15.1. The number of hydrogen-bond donors (Lipinski definition) is 4. The zero-order valence-corrected chi connectivity index (χ0v) is 6.94. The maximum absolute atomic E-state index is 5.36. The van der Waals surface area contributed by atoms with Crippen molar-refractivity contribution in [3.8, 4) is 0 Å². The Morgan fingerprint density at radius 2 is 2.23 bits per heavy atom.